The zero-order valence-electron chi connectivity index (χ0n) is 10.2. The second-order valence-electron chi connectivity index (χ2n) is 4.09. The van der Waals surface area contributed by atoms with Gasteiger partial charge in [-0.15, -0.1) is 0 Å². The van der Waals surface area contributed by atoms with Crippen LogP contribution >= 0.6 is 0 Å². The highest BCUT2D eigenvalue weighted by Crippen LogP contribution is 2.14. The molecule has 0 saturated heterocycles. The minimum absolute atomic E-state index is 0.386. The van der Waals surface area contributed by atoms with Crippen molar-refractivity contribution in [1.29, 1.82) is 0 Å². The molecule has 96 valence electrons. The summed E-state index contributed by atoms with van der Waals surface area (Å²) in [6, 6.07) is 7.30. The molecule has 0 saturated carbocycles. The fourth-order valence-electron chi connectivity index (χ4n) is 1.39. The van der Waals surface area contributed by atoms with E-state index in [2.05, 4.69) is 11.6 Å². The van der Waals surface area contributed by atoms with Crippen LogP contribution < -0.4 is 4.72 Å². The number of aliphatic hydroxyl groups is 1. The molecule has 0 bridgehead atoms. The Balaban J connectivity index is 2.75. The Labute approximate surface area is 103 Å². The van der Waals surface area contributed by atoms with Gasteiger partial charge in [0.1, 0.15) is 5.25 Å². The van der Waals surface area contributed by atoms with E-state index in [1.54, 1.807) is 12.1 Å². The van der Waals surface area contributed by atoms with Gasteiger partial charge in [-0.1, -0.05) is 25.5 Å². The van der Waals surface area contributed by atoms with Gasteiger partial charge < -0.3 is 5.11 Å². The molecular formula is C12H19NO3S. The SMILES string of the molecule is CCCc1ccc(NS(=O)(=O)C(C)CO)cc1. The second kappa shape index (κ2) is 6.02. The van der Waals surface area contributed by atoms with E-state index in [1.165, 1.54) is 12.5 Å². The topological polar surface area (TPSA) is 66.4 Å². The van der Waals surface area contributed by atoms with Gasteiger partial charge in [-0.25, -0.2) is 8.42 Å². The molecule has 0 aliphatic rings. The van der Waals surface area contributed by atoms with Crippen molar-refractivity contribution in [2.75, 3.05) is 11.3 Å². The number of rotatable bonds is 6. The van der Waals surface area contributed by atoms with Crippen LogP contribution in [0.5, 0.6) is 0 Å². The molecular weight excluding hydrogens is 238 g/mol. The van der Waals surface area contributed by atoms with E-state index < -0.39 is 15.3 Å². The Morgan fingerprint density at radius 3 is 2.35 bits per heavy atom. The van der Waals surface area contributed by atoms with Crippen molar-refractivity contribution in [1.82, 2.24) is 0 Å². The zero-order chi connectivity index (χ0) is 12.9. The van der Waals surface area contributed by atoms with Crippen LogP contribution in [-0.4, -0.2) is 25.4 Å². The molecule has 0 spiro atoms. The normalized spacial score (nSPS) is 13.4. The van der Waals surface area contributed by atoms with Gasteiger partial charge in [0.25, 0.3) is 0 Å². The summed E-state index contributed by atoms with van der Waals surface area (Å²) < 4.78 is 25.8. The molecule has 0 aliphatic carbocycles. The lowest BCUT2D eigenvalue weighted by Gasteiger charge is -2.12. The fourth-order valence-corrected chi connectivity index (χ4v) is 2.25. The lowest BCUT2D eigenvalue weighted by Crippen LogP contribution is -2.28. The van der Waals surface area contributed by atoms with Gasteiger partial charge >= 0.3 is 0 Å². The molecule has 17 heavy (non-hydrogen) atoms. The summed E-state index contributed by atoms with van der Waals surface area (Å²) in [6.45, 7) is 3.18. The van der Waals surface area contributed by atoms with Crippen molar-refractivity contribution in [3.05, 3.63) is 29.8 Å². The molecule has 1 unspecified atom stereocenters. The first kappa shape index (κ1) is 14.0. The average Bonchev–Trinajstić information content (AvgIpc) is 2.30. The lowest BCUT2D eigenvalue weighted by atomic mass is 10.1. The highest BCUT2D eigenvalue weighted by molar-refractivity contribution is 7.93. The first-order chi connectivity index (χ1) is 7.99. The highest BCUT2D eigenvalue weighted by Gasteiger charge is 2.19. The molecule has 1 atom stereocenters. The summed E-state index contributed by atoms with van der Waals surface area (Å²) in [5, 5.41) is 8.04. The summed E-state index contributed by atoms with van der Waals surface area (Å²) in [4.78, 5) is 0. The second-order valence-corrected chi connectivity index (χ2v) is 6.19. The third-order valence-electron chi connectivity index (χ3n) is 2.54. The standard InChI is InChI=1S/C12H19NO3S/c1-3-4-11-5-7-12(8-6-11)13-17(15,16)10(2)9-14/h5-8,10,13-14H,3-4,9H2,1-2H3. The fraction of sp³-hybridized carbons (Fsp3) is 0.500. The Kier molecular flexibility index (Phi) is 4.96. The van der Waals surface area contributed by atoms with Gasteiger partial charge in [-0.05, 0) is 31.0 Å². The zero-order valence-corrected chi connectivity index (χ0v) is 11.0. The van der Waals surface area contributed by atoms with Crippen LogP contribution in [0.25, 0.3) is 0 Å². The quantitative estimate of drug-likeness (QED) is 0.816. The van der Waals surface area contributed by atoms with Gasteiger partial charge in [0, 0.05) is 5.69 Å². The Bertz CT molecular complexity index is 439. The van der Waals surface area contributed by atoms with E-state index in [0.29, 0.717) is 5.69 Å². The third kappa shape index (κ3) is 4.02. The van der Waals surface area contributed by atoms with Crippen LogP contribution in [-0.2, 0) is 16.4 Å². The van der Waals surface area contributed by atoms with Crippen LogP contribution in [0, 0.1) is 0 Å². The van der Waals surface area contributed by atoms with Crippen LogP contribution in [0.4, 0.5) is 5.69 Å². The lowest BCUT2D eigenvalue weighted by molar-refractivity contribution is 0.296. The molecule has 4 nitrogen and oxygen atoms in total. The molecule has 0 fully saturated rings. The number of hydrogen-bond donors (Lipinski definition) is 2. The number of hydrogen-bond acceptors (Lipinski definition) is 3. The summed E-state index contributed by atoms with van der Waals surface area (Å²) in [7, 11) is -3.49. The van der Waals surface area contributed by atoms with Gasteiger partial charge in [-0.2, -0.15) is 0 Å². The minimum Gasteiger partial charge on any atom is -0.395 e. The van der Waals surface area contributed by atoms with Crippen LogP contribution in [0.2, 0.25) is 0 Å². The molecule has 0 aliphatic heterocycles. The maximum Gasteiger partial charge on any atom is 0.237 e. The van der Waals surface area contributed by atoms with E-state index in [9.17, 15) is 8.42 Å². The predicted molar refractivity (Wildman–Crippen MR) is 69.5 cm³/mol. The predicted octanol–water partition coefficient (Wildman–Crippen LogP) is 1.76. The van der Waals surface area contributed by atoms with E-state index in [-0.39, 0.29) is 6.61 Å². The van der Waals surface area contributed by atoms with Crippen LogP contribution in [0.15, 0.2) is 24.3 Å². The van der Waals surface area contributed by atoms with Crippen molar-refractivity contribution in [2.45, 2.75) is 31.9 Å². The van der Waals surface area contributed by atoms with Crippen molar-refractivity contribution in [3.8, 4) is 0 Å². The molecule has 0 heterocycles. The maximum absolute atomic E-state index is 11.7. The first-order valence-electron chi connectivity index (χ1n) is 5.71. The van der Waals surface area contributed by atoms with Gasteiger partial charge in [0.2, 0.25) is 10.0 Å². The number of aryl methyl sites for hydroxylation is 1. The number of anilines is 1. The number of aliphatic hydroxyl groups excluding tert-OH is 1. The smallest absolute Gasteiger partial charge is 0.237 e. The number of nitrogens with one attached hydrogen (secondary N) is 1. The van der Waals surface area contributed by atoms with E-state index in [0.717, 1.165) is 12.8 Å². The van der Waals surface area contributed by atoms with Crippen molar-refractivity contribution < 1.29 is 13.5 Å². The molecule has 5 heteroatoms. The molecule has 1 aromatic carbocycles. The average molecular weight is 257 g/mol. The van der Waals surface area contributed by atoms with Gasteiger partial charge in [0.15, 0.2) is 0 Å². The molecule has 2 N–H and O–H groups in total. The summed E-state index contributed by atoms with van der Waals surface area (Å²) in [5.41, 5.74) is 1.72. The largest absolute Gasteiger partial charge is 0.395 e. The van der Waals surface area contributed by atoms with Crippen LogP contribution in [0.1, 0.15) is 25.8 Å². The third-order valence-corrected chi connectivity index (χ3v) is 4.27. The highest BCUT2D eigenvalue weighted by atomic mass is 32.2. The summed E-state index contributed by atoms with van der Waals surface area (Å²) in [6.07, 6.45) is 2.05. The maximum atomic E-state index is 11.7. The Morgan fingerprint density at radius 1 is 1.29 bits per heavy atom. The van der Waals surface area contributed by atoms with Crippen molar-refractivity contribution >= 4 is 15.7 Å². The summed E-state index contributed by atoms with van der Waals surface area (Å²) >= 11 is 0. The molecule has 0 aromatic heterocycles. The van der Waals surface area contributed by atoms with E-state index >= 15 is 0 Å². The summed E-state index contributed by atoms with van der Waals surface area (Å²) in [5.74, 6) is 0. The van der Waals surface area contributed by atoms with Crippen molar-refractivity contribution in [2.24, 2.45) is 0 Å². The number of sulfonamides is 1. The first-order valence-corrected chi connectivity index (χ1v) is 7.25. The van der Waals surface area contributed by atoms with E-state index in [1.807, 2.05) is 12.1 Å². The Morgan fingerprint density at radius 2 is 1.88 bits per heavy atom. The molecule has 0 amide bonds. The van der Waals surface area contributed by atoms with Gasteiger partial charge in [0.05, 0.1) is 6.61 Å². The minimum atomic E-state index is -3.49. The van der Waals surface area contributed by atoms with Gasteiger partial charge in [-0.3, -0.25) is 4.72 Å². The van der Waals surface area contributed by atoms with E-state index in [4.69, 9.17) is 5.11 Å². The number of benzene rings is 1. The van der Waals surface area contributed by atoms with Crippen LogP contribution in [0.3, 0.4) is 0 Å². The van der Waals surface area contributed by atoms with Crippen molar-refractivity contribution in [3.63, 3.8) is 0 Å². The molecule has 1 rings (SSSR count). The monoisotopic (exact) mass is 257 g/mol. The molecule has 1 aromatic rings. The molecule has 0 radical (unpaired) electrons. The Hall–Kier alpha value is -1.07.